The molecule has 0 saturated carbocycles. The van der Waals surface area contributed by atoms with E-state index in [1.807, 2.05) is 53.2 Å². The molecule has 0 aliphatic carbocycles. The number of piperidine rings is 1. The second kappa shape index (κ2) is 9.31. The Labute approximate surface area is 190 Å². The molecule has 1 saturated heterocycles. The van der Waals surface area contributed by atoms with Crippen molar-refractivity contribution in [1.82, 2.24) is 19.2 Å². The quantitative estimate of drug-likeness (QED) is 0.592. The van der Waals surface area contributed by atoms with Gasteiger partial charge in [-0.15, -0.1) is 0 Å². The number of rotatable bonds is 6. The molecular formula is C22H25N7O2S. The fourth-order valence-corrected chi connectivity index (χ4v) is 4.42. The van der Waals surface area contributed by atoms with Gasteiger partial charge in [0.15, 0.2) is 11.5 Å². The first-order valence-electron chi connectivity index (χ1n) is 10.4. The third-order valence-corrected chi connectivity index (χ3v) is 6.27. The monoisotopic (exact) mass is 451 g/mol. The summed E-state index contributed by atoms with van der Waals surface area (Å²) in [5.74, 6) is 0.285. The van der Waals surface area contributed by atoms with E-state index < -0.39 is 5.91 Å². The van der Waals surface area contributed by atoms with Crippen LogP contribution in [0.1, 0.15) is 30.3 Å². The van der Waals surface area contributed by atoms with Crippen molar-refractivity contribution in [2.75, 3.05) is 30.4 Å². The number of likely N-dealkylation sites (tertiary alicyclic amines) is 1. The Morgan fingerprint density at radius 2 is 2.06 bits per heavy atom. The Hall–Kier alpha value is -3.53. The van der Waals surface area contributed by atoms with Gasteiger partial charge in [-0.25, -0.2) is 9.97 Å². The van der Waals surface area contributed by atoms with E-state index in [2.05, 4.69) is 19.7 Å². The molecule has 2 amide bonds. The second-order valence-electron chi connectivity index (χ2n) is 7.73. The molecule has 1 aliphatic heterocycles. The fourth-order valence-electron chi connectivity index (χ4n) is 3.76. The summed E-state index contributed by atoms with van der Waals surface area (Å²) in [6.45, 7) is 2.99. The largest absolute Gasteiger partial charge is 0.364 e. The molecule has 166 valence electrons. The standard InChI is InChI=1S/C22H25N7O2S/c1-14(30)29-10-6-9-16(13-29)28(2)18-12-24-20(21(23)31)22(25-18)26-19-11-17(27-32-19)15-7-4-3-5-8-15/h3-5,7-8,11-12,16H,6,9-10,13H2,1-2H3,(H2,23,31)(H,25,26)/t16-/m0/s1. The molecule has 2 aromatic heterocycles. The Balaban J connectivity index is 1.58. The molecule has 0 bridgehead atoms. The summed E-state index contributed by atoms with van der Waals surface area (Å²) in [5.41, 5.74) is 7.42. The Kier molecular flexibility index (Phi) is 6.31. The number of nitrogens with zero attached hydrogens (tertiary/aromatic N) is 5. The van der Waals surface area contributed by atoms with Crippen LogP contribution in [-0.4, -0.2) is 57.2 Å². The van der Waals surface area contributed by atoms with E-state index in [1.54, 1.807) is 13.1 Å². The number of aromatic nitrogens is 3. The highest BCUT2D eigenvalue weighted by Gasteiger charge is 2.26. The van der Waals surface area contributed by atoms with Crippen LogP contribution in [0.25, 0.3) is 11.3 Å². The normalized spacial score (nSPS) is 15.9. The molecule has 0 spiro atoms. The minimum Gasteiger partial charge on any atom is -0.364 e. The van der Waals surface area contributed by atoms with Crippen molar-refractivity contribution in [3.05, 3.63) is 48.3 Å². The van der Waals surface area contributed by atoms with Gasteiger partial charge in [0, 0.05) is 44.7 Å². The van der Waals surface area contributed by atoms with Gasteiger partial charge in [0.2, 0.25) is 5.91 Å². The van der Waals surface area contributed by atoms with E-state index in [1.165, 1.54) is 11.5 Å². The highest BCUT2D eigenvalue weighted by Crippen LogP contribution is 2.29. The molecule has 4 rings (SSSR count). The van der Waals surface area contributed by atoms with Crippen LogP contribution < -0.4 is 16.0 Å². The van der Waals surface area contributed by atoms with Gasteiger partial charge in [-0.05, 0) is 24.4 Å². The molecule has 1 aromatic carbocycles. The smallest absolute Gasteiger partial charge is 0.271 e. The van der Waals surface area contributed by atoms with Gasteiger partial charge in [-0.2, -0.15) is 4.37 Å². The average molecular weight is 452 g/mol. The summed E-state index contributed by atoms with van der Waals surface area (Å²) < 4.78 is 4.48. The van der Waals surface area contributed by atoms with Crippen LogP contribution in [-0.2, 0) is 4.79 Å². The van der Waals surface area contributed by atoms with Crippen LogP contribution in [0.5, 0.6) is 0 Å². The second-order valence-corrected chi connectivity index (χ2v) is 8.53. The van der Waals surface area contributed by atoms with Gasteiger partial charge in [-0.3, -0.25) is 9.59 Å². The molecule has 10 heteroatoms. The van der Waals surface area contributed by atoms with Gasteiger partial charge in [0.1, 0.15) is 10.8 Å². The van der Waals surface area contributed by atoms with Crippen molar-refractivity contribution in [2.24, 2.45) is 5.73 Å². The molecule has 3 aromatic rings. The third-order valence-electron chi connectivity index (χ3n) is 5.57. The zero-order valence-corrected chi connectivity index (χ0v) is 18.8. The molecule has 1 atom stereocenters. The van der Waals surface area contributed by atoms with Crippen molar-refractivity contribution in [1.29, 1.82) is 0 Å². The number of benzene rings is 1. The van der Waals surface area contributed by atoms with Crippen LogP contribution >= 0.6 is 11.5 Å². The number of likely N-dealkylation sites (N-methyl/N-ethyl adjacent to an activating group) is 1. The molecule has 32 heavy (non-hydrogen) atoms. The Morgan fingerprint density at radius 1 is 1.28 bits per heavy atom. The summed E-state index contributed by atoms with van der Waals surface area (Å²) >= 11 is 1.27. The Bertz CT molecular complexity index is 1120. The number of amides is 2. The molecule has 9 nitrogen and oxygen atoms in total. The number of nitrogens with one attached hydrogen (secondary N) is 1. The highest BCUT2D eigenvalue weighted by atomic mass is 32.1. The highest BCUT2D eigenvalue weighted by molar-refractivity contribution is 7.10. The number of nitrogens with two attached hydrogens (primary N) is 1. The molecule has 3 heterocycles. The topological polar surface area (TPSA) is 117 Å². The van der Waals surface area contributed by atoms with Crippen molar-refractivity contribution in [3.63, 3.8) is 0 Å². The van der Waals surface area contributed by atoms with Crippen molar-refractivity contribution in [3.8, 4) is 11.3 Å². The maximum atomic E-state index is 11.9. The molecule has 0 unspecified atom stereocenters. The first-order valence-corrected chi connectivity index (χ1v) is 11.1. The molecule has 1 aliphatic rings. The third kappa shape index (κ3) is 4.70. The van der Waals surface area contributed by atoms with Crippen molar-refractivity contribution in [2.45, 2.75) is 25.8 Å². The Morgan fingerprint density at radius 3 is 2.78 bits per heavy atom. The predicted octanol–water partition coefficient (Wildman–Crippen LogP) is 2.89. The van der Waals surface area contributed by atoms with E-state index in [4.69, 9.17) is 5.73 Å². The number of hydrogen-bond donors (Lipinski definition) is 2. The maximum Gasteiger partial charge on any atom is 0.271 e. The van der Waals surface area contributed by atoms with Crippen LogP contribution in [0.15, 0.2) is 42.6 Å². The number of carbonyl (C=O) groups excluding carboxylic acids is 2. The van der Waals surface area contributed by atoms with E-state index in [9.17, 15) is 9.59 Å². The number of carbonyl (C=O) groups is 2. The van der Waals surface area contributed by atoms with Crippen LogP contribution in [0.4, 0.5) is 16.6 Å². The van der Waals surface area contributed by atoms with Crippen LogP contribution in [0.2, 0.25) is 0 Å². The maximum absolute atomic E-state index is 11.9. The van der Waals surface area contributed by atoms with Crippen molar-refractivity contribution < 1.29 is 9.59 Å². The lowest BCUT2D eigenvalue weighted by atomic mass is 10.0. The summed E-state index contributed by atoms with van der Waals surface area (Å²) in [7, 11) is 1.92. The van der Waals surface area contributed by atoms with Gasteiger partial charge < -0.3 is 20.9 Å². The lowest BCUT2D eigenvalue weighted by molar-refractivity contribution is -0.129. The number of anilines is 3. The van der Waals surface area contributed by atoms with Gasteiger partial charge in [0.25, 0.3) is 5.91 Å². The minimum atomic E-state index is -0.664. The lowest BCUT2D eigenvalue weighted by Gasteiger charge is -2.37. The predicted molar refractivity (Wildman–Crippen MR) is 125 cm³/mol. The number of hydrogen-bond acceptors (Lipinski definition) is 8. The van der Waals surface area contributed by atoms with Crippen molar-refractivity contribution >= 4 is 40.0 Å². The molecule has 3 N–H and O–H groups in total. The van der Waals surface area contributed by atoms with E-state index in [0.29, 0.717) is 12.4 Å². The average Bonchev–Trinajstić information content (AvgIpc) is 3.27. The number of primary amides is 1. The summed E-state index contributed by atoms with van der Waals surface area (Å²) in [6.07, 6.45) is 3.41. The zero-order valence-electron chi connectivity index (χ0n) is 18.0. The van der Waals surface area contributed by atoms with Gasteiger partial charge >= 0.3 is 0 Å². The van der Waals surface area contributed by atoms with E-state index in [0.717, 1.165) is 35.6 Å². The van der Waals surface area contributed by atoms with Gasteiger partial charge in [0.05, 0.1) is 11.9 Å². The summed E-state index contributed by atoms with van der Waals surface area (Å²) in [5, 5.41) is 3.88. The summed E-state index contributed by atoms with van der Waals surface area (Å²) in [6, 6.07) is 11.8. The minimum absolute atomic E-state index is 0.0609. The summed E-state index contributed by atoms with van der Waals surface area (Å²) in [4.78, 5) is 36.5. The van der Waals surface area contributed by atoms with E-state index in [-0.39, 0.29) is 23.5 Å². The SMILES string of the molecule is CC(=O)N1CCC[C@H](N(C)c2cnc(C(N)=O)c(Nc3cc(-c4ccccc4)ns3)n2)C1. The zero-order chi connectivity index (χ0) is 22.7. The fraction of sp³-hybridized carbons (Fsp3) is 0.318. The molecular weight excluding hydrogens is 426 g/mol. The molecule has 0 radical (unpaired) electrons. The van der Waals surface area contributed by atoms with E-state index >= 15 is 0 Å². The van der Waals surface area contributed by atoms with Crippen LogP contribution in [0, 0.1) is 0 Å². The van der Waals surface area contributed by atoms with Gasteiger partial charge in [-0.1, -0.05) is 30.3 Å². The first-order chi connectivity index (χ1) is 15.4. The first kappa shape index (κ1) is 21.7. The molecule has 1 fully saturated rings. The lowest BCUT2D eigenvalue weighted by Crippen LogP contribution is -2.48. The van der Waals surface area contributed by atoms with Crippen LogP contribution in [0.3, 0.4) is 0 Å².